The molecule has 0 bridgehead atoms. The fourth-order valence-electron chi connectivity index (χ4n) is 2.17. The van der Waals surface area contributed by atoms with Gasteiger partial charge < -0.3 is 0 Å². The quantitative estimate of drug-likeness (QED) is 0.680. The summed E-state index contributed by atoms with van der Waals surface area (Å²) >= 11 is 0. The van der Waals surface area contributed by atoms with Crippen molar-refractivity contribution in [3.63, 3.8) is 0 Å². The van der Waals surface area contributed by atoms with Crippen molar-refractivity contribution in [3.8, 4) is 11.4 Å². The summed E-state index contributed by atoms with van der Waals surface area (Å²) in [6.45, 7) is 8.87. The molecule has 0 saturated carbocycles. The maximum atomic E-state index is 4.55. The Morgan fingerprint density at radius 3 is 1.38 bits per heavy atom. The van der Waals surface area contributed by atoms with Crippen LogP contribution in [0.4, 0.5) is 0 Å². The van der Waals surface area contributed by atoms with E-state index in [9.17, 15) is 0 Å². The van der Waals surface area contributed by atoms with Crippen molar-refractivity contribution in [3.05, 3.63) is 47.8 Å². The third-order valence-corrected chi connectivity index (χ3v) is 4.20. The van der Waals surface area contributed by atoms with Crippen molar-refractivity contribution in [2.24, 2.45) is 0 Å². The van der Waals surface area contributed by atoms with Gasteiger partial charge in [0.1, 0.15) is 0 Å². The van der Waals surface area contributed by atoms with E-state index in [1.54, 1.807) is 0 Å². The van der Waals surface area contributed by atoms with Crippen LogP contribution in [0.15, 0.2) is 36.7 Å². The van der Waals surface area contributed by atoms with Crippen LogP contribution in [-0.4, -0.2) is 9.97 Å². The second-order valence-electron chi connectivity index (χ2n) is 5.57. The first-order chi connectivity index (χ1) is 9.65. The third-order valence-electron chi connectivity index (χ3n) is 4.20. The molecule has 0 amide bonds. The molecule has 2 heterocycles. The van der Waals surface area contributed by atoms with Crippen LogP contribution in [0.5, 0.6) is 0 Å². The summed E-state index contributed by atoms with van der Waals surface area (Å²) in [7, 11) is 0. The predicted molar refractivity (Wildman–Crippen MR) is 84.9 cm³/mol. The van der Waals surface area contributed by atoms with E-state index < -0.39 is 0 Å². The van der Waals surface area contributed by atoms with Gasteiger partial charge in [-0.3, -0.25) is 9.97 Å². The maximum Gasteiger partial charge on any atom is 0.0886 e. The number of hydrogen-bond donors (Lipinski definition) is 0. The van der Waals surface area contributed by atoms with Gasteiger partial charge in [-0.2, -0.15) is 0 Å². The van der Waals surface area contributed by atoms with Gasteiger partial charge in [-0.05, 0) is 47.9 Å². The fraction of sp³-hybridized carbons (Fsp3) is 0.444. The van der Waals surface area contributed by atoms with E-state index in [1.165, 1.54) is 11.1 Å². The first kappa shape index (κ1) is 18.0. The van der Waals surface area contributed by atoms with Crippen LogP contribution in [0.25, 0.3) is 11.4 Å². The molecule has 2 aromatic rings. The molecule has 0 aliphatic carbocycles. The van der Waals surface area contributed by atoms with Gasteiger partial charge in [-0.1, -0.05) is 39.8 Å². The van der Waals surface area contributed by atoms with Gasteiger partial charge in [0.25, 0.3) is 0 Å². The van der Waals surface area contributed by atoms with Crippen LogP contribution < -0.4 is 0 Å². The van der Waals surface area contributed by atoms with Crippen molar-refractivity contribution in [2.45, 2.75) is 52.4 Å². The SMILES string of the molecule is CCC(C)c1ccc(-c2ccc(C(C)CC)cn2)nc1.[Ru]. The standard InChI is InChI=1S/C18H24N2.Ru/c1-5-13(3)15-7-9-17(19-11-15)18-10-8-16(12-20-18)14(4)6-2;/h7-14H,5-6H2,1-4H3;. The molecule has 2 unspecified atom stereocenters. The minimum Gasteiger partial charge on any atom is -0.254 e. The molecule has 114 valence electrons. The van der Waals surface area contributed by atoms with Crippen molar-refractivity contribution in [1.29, 1.82) is 0 Å². The summed E-state index contributed by atoms with van der Waals surface area (Å²) in [5.41, 5.74) is 4.50. The Hall–Kier alpha value is -1.08. The van der Waals surface area contributed by atoms with E-state index in [-0.39, 0.29) is 19.5 Å². The Bertz CT molecular complexity index is 483. The third kappa shape index (κ3) is 4.44. The molecule has 0 radical (unpaired) electrons. The molecule has 21 heavy (non-hydrogen) atoms. The first-order valence-electron chi connectivity index (χ1n) is 7.58. The van der Waals surface area contributed by atoms with E-state index in [0.29, 0.717) is 11.8 Å². The average Bonchev–Trinajstić information content (AvgIpc) is 2.53. The monoisotopic (exact) mass is 370 g/mol. The summed E-state index contributed by atoms with van der Waals surface area (Å²) in [5.74, 6) is 1.13. The van der Waals surface area contributed by atoms with Crippen LogP contribution >= 0.6 is 0 Å². The predicted octanol–water partition coefficient (Wildman–Crippen LogP) is 5.17. The van der Waals surface area contributed by atoms with E-state index >= 15 is 0 Å². The zero-order valence-corrected chi connectivity index (χ0v) is 15.0. The summed E-state index contributed by atoms with van der Waals surface area (Å²) in [4.78, 5) is 9.10. The molecule has 0 fully saturated rings. The summed E-state index contributed by atoms with van der Waals surface area (Å²) in [6, 6.07) is 8.49. The molecule has 0 aromatic carbocycles. The Balaban J connectivity index is 0.00000220. The Morgan fingerprint density at radius 1 is 0.762 bits per heavy atom. The fourth-order valence-corrected chi connectivity index (χ4v) is 2.17. The number of nitrogens with zero attached hydrogens (tertiary/aromatic N) is 2. The molecule has 2 nitrogen and oxygen atoms in total. The molecule has 3 heteroatoms. The zero-order chi connectivity index (χ0) is 14.5. The summed E-state index contributed by atoms with van der Waals surface area (Å²) in [5, 5.41) is 0. The topological polar surface area (TPSA) is 25.8 Å². The van der Waals surface area contributed by atoms with Gasteiger partial charge in [-0.25, -0.2) is 0 Å². The molecule has 2 aromatic heterocycles. The molecule has 2 atom stereocenters. The van der Waals surface area contributed by atoms with Gasteiger partial charge in [0.05, 0.1) is 11.4 Å². The molecule has 0 aliphatic heterocycles. The zero-order valence-electron chi connectivity index (χ0n) is 13.3. The van der Waals surface area contributed by atoms with E-state index in [4.69, 9.17) is 0 Å². The van der Waals surface area contributed by atoms with Gasteiger partial charge in [-0.15, -0.1) is 0 Å². The van der Waals surface area contributed by atoms with Gasteiger partial charge >= 0.3 is 0 Å². The molecular formula is C18H24N2Ru. The van der Waals surface area contributed by atoms with Gasteiger partial charge in [0, 0.05) is 31.9 Å². The van der Waals surface area contributed by atoms with Crippen molar-refractivity contribution in [2.75, 3.05) is 0 Å². The molecule has 0 saturated heterocycles. The largest absolute Gasteiger partial charge is 0.254 e. The van der Waals surface area contributed by atoms with E-state index in [1.807, 2.05) is 12.4 Å². The molecule has 0 aliphatic rings. The normalized spacial score (nSPS) is 13.3. The average molecular weight is 369 g/mol. The van der Waals surface area contributed by atoms with Crippen LogP contribution in [-0.2, 0) is 19.5 Å². The van der Waals surface area contributed by atoms with E-state index in [0.717, 1.165) is 24.2 Å². The molecule has 2 rings (SSSR count). The number of aromatic nitrogens is 2. The van der Waals surface area contributed by atoms with Crippen LogP contribution in [0.2, 0.25) is 0 Å². The Kier molecular flexibility index (Phi) is 7.18. The van der Waals surface area contributed by atoms with E-state index in [2.05, 4.69) is 61.9 Å². The van der Waals surface area contributed by atoms with Crippen LogP contribution in [0.1, 0.15) is 63.5 Å². The van der Waals surface area contributed by atoms with Crippen LogP contribution in [0, 0.1) is 0 Å². The smallest absolute Gasteiger partial charge is 0.0886 e. The first-order valence-corrected chi connectivity index (χ1v) is 7.58. The molecule has 0 N–H and O–H groups in total. The second kappa shape index (κ2) is 8.39. The minimum atomic E-state index is 0. The number of rotatable bonds is 5. The van der Waals surface area contributed by atoms with Gasteiger partial charge in [0.15, 0.2) is 0 Å². The van der Waals surface area contributed by atoms with Crippen molar-refractivity contribution in [1.82, 2.24) is 9.97 Å². The Labute approximate surface area is 141 Å². The number of pyridine rings is 2. The Morgan fingerprint density at radius 2 is 1.14 bits per heavy atom. The summed E-state index contributed by atoms with van der Waals surface area (Å²) < 4.78 is 0. The summed E-state index contributed by atoms with van der Waals surface area (Å²) in [6.07, 6.45) is 6.24. The second-order valence-corrected chi connectivity index (χ2v) is 5.57. The molecule has 0 spiro atoms. The van der Waals surface area contributed by atoms with Crippen molar-refractivity contribution < 1.29 is 19.5 Å². The maximum absolute atomic E-state index is 4.55. The minimum absolute atomic E-state index is 0. The molecular weight excluding hydrogens is 345 g/mol. The van der Waals surface area contributed by atoms with Crippen molar-refractivity contribution >= 4 is 0 Å². The van der Waals surface area contributed by atoms with Crippen LogP contribution in [0.3, 0.4) is 0 Å². The number of hydrogen-bond acceptors (Lipinski definition) is 2. The van der Waals surface area contributed by atoms with Gasteiger partial charge in [0.2, 0.25) is 0 Å².